The molecule has 0 radical (unpaired) electrons. The molecule has 0 N–H and O–H groups in total. The molecule has 0 spiro atoms. The van der Waals surface area contributed by atoms with Crippen LogP contribution in [0.1, 0.15) is 98.7 Å². The first-order valence-electron chi connectivity index (χ1n) is 13.3. The molecule has 6 heteroatoms. The molecular weight excluding hydrogens is 430 g/mol. The van der Waals surface area contributed by atoms with Crippen LogP contribution in [0.15, 0.2) is 24.3 Å². The van der Waals surface area contributed by atoms with Crippen LogP contribution in [0.25, 0.3) is 0 Å². The minimum atomic E-state index is -0.575. The normalized spacial score (nSPS) is 24.0. The maximum Gasteiger partial charge on any atom is 0.171 e. The van der Waals surface area contributed by atoms with Crippen LogP contribution in [-0.4, -0.2) is 54.5 Å². The fourth-order valence-electron chi connectivity index (χ4n) is 5.28. The molecular formula is C28H47NO5. The SMILES string of the molecule is CCCOC1(OCCC)CC(C)(C)N(OC(C)c2ccc(OCC3CO3)cc2)C(CC)(CC)C1. The Bertz CT molecular complexity index is 734. The summed E-state index contributed by atoms with van der Waals surface area (Å²) in [6.07, 6.45) is 5.63. The topological polar surface area (TPSA) is 52.7 Å². The number of hydrogen-bond donors (Lipinski definition) is 0. The average molecular weight is 478 g/mol. The van der Waals surface area contributed by atoms with Gasteiger partial charge in [0.2, 0.25) is 0 Å². The molecule has 0 amide bonds. The van der Waals surface area contributed by atoms with Crippen LogP contribution in [0.2, 0.25) is 0 Å². The van der Waals surface area contributed by atoms with E-state index in [2.05, 4.69) is 65.7 Å². The second-order valence-electron chi connectivity index (χ2n) is 10.6. The molecule has 0 bridgehead atoms. The van der Waals surface area contributed by atoms with Crippen molar-refractivity contribution in [2.75, 3.05) is 26.4 Å². The number of hydroxylamine groups is 2. The van der Waals surface area contributed by atoms with Crippen molar-refractivity contribution in [3.8, 4) is 5.75 Å². The van der Waals surface area contributed by atoms with Crippen LogP contribution in [0.5, 0.6) is 5.75 Å². The molecule has 34 heavy (non-hydrogen) atoms. The van der Waals surface area contributed by atoms with E-state index in [4.69, 9.17) is 23.8 Å². The smallest absolute Gasteiger partial charge is 0.171 e. The van der Waals surface area contributed by atoms with E-state index in [0.29, 0.717) is 19.8 Å². The predicted octanol–water partition coefficient (Wildman–Crippen LogP) is 6.44. The molecule has 0 aliphatic carbocycles. The second kappa shape index (κ2) is 11.7. The van der Waals surface area contributed by atoms with Gasteiger partial charge in [-0.05, 0) is 64.2 Å². The lowest BCUT2D eigenvalue weighted by Crippen LogP contribution is -2.68. The zero-order valence-corrected chi connectivity index (χ0v) is 22.5. The Morgan fingerprint density at radius 1 is 0.971 bits per heavy atom. The molecule has 1 aromatic rings. The molecule has 2 atom stereocenters. The van der Waals surface area contributed by atoms with Gasteiger partial charge in [-0.15, -0.1) is 0 Å². The standard InChI is InChI=1S/C28H47NO5/c1-8-16-32-28(33-17-9-2)20-26(6,7)29(27(10-3,11-4)21-28)34-22(5)23-12-14-24(15-13-23)30-18-25-19-31-25/h12-15,22,25H,8-11,16-21H2,1-7H3. The van der Waals surface area contributed by atoms with E-state index < -0.39 is 5.79 Å². The number of nitrogens with zero attached hydrogens (tertiary/aromatic N) is 1. The zero-order valence-electron chi connectivity index (χ0n) is 22.5. The van der Waals surface area contributed by atoms with E-state index in [1.54, 1.807) is 0 Å². The molecule has 6 nitrogen and oxygen atoms in total. The van der Waals surface area contributed by atoms with Gasteiger partial charge < -0.3 is 18.9 Å². The van der Waals surface area contributed by atoms with Gasteiger partial charge in [0.25, 0.3) is 0 Å². The highest BCUT2D eigenvalue weighted by Gasteiger charge is 2.57. The van der Waals surface area contributed by atoms with E-state index in [1.807, 2.05) is 12.1 Å². The van der Waals surface area contributed by atoms with Crippen molar-refractivity contribution in [1.29, 1.82) is 0 Å². The minimum absolute atomic E-state index is 0.0850. The highest BCUT2D eigenvalue weighted by molar-refractivity contribution is 5.28. The summed E-state index contributed by atoms with van der Waals surface area (Å²) < 4.78 is 24.0. The third-order valence-corrected chi connectivity index (χ3v) is 7.19. The molecule has 2 aliphatic rings. The van der Waals surface area contributed by atoms with Crippen molar-refractivity contribution in [2.24, 2.45) is 0 Å². The lowest BCUT2D eigenvalue weighted by Gasteiger charge is -2.60. The maximum absolute atomic E-state index is 6.80. The van der Waals surface area contributed by atoms with Gasteiger partial charge in [-0.3, -0.25) is 4.84 Å². The van der Waals surface area contributed by atoms with Crippen LogP contribution < -0.4 is 4.74 Å². The molecule has 0 aromatic heterocycles. The first-order valence-corrected chi connectivity index (χ1v) is 13.3. The lowest BCUT2D eigenvalue weighted by atomic mass is 9.73. The summed E-state index contributed by atoms with van der Waals surface area (Å²) in [7, 11) is 0. The minimum Gasteiger partial charge on any atom is -0.491 e. The zero-order chi connectivity index (χ0) is 24.8. The number of ether oxygens (including phenoxy) is 4. The fraction of sp³-hybridized carbons (Fsp3) is 0.786. The summed E-state index contributed by atoms with van der Waals surface area (Å²) in [5, 5.41) is 2.28. The van der Waals surface area contributed by atoms with Gasteiger partial charge >= 0.3 is 0 Å². The molecule has 2 fully saturated rings. The Balaban J connectivity index is 1.78. The quantitative estimate of drug-likeness (QED) is 0.227. The Kier molecular flexibility index (Phi) is 9.43. The van der Waals surface area contributed by atoms with Crippen LogP contribution >= 0.6 is 0 Å². The molecule has 3 rings (SSSR count). The molecule has 2 saturated heterocycles. The summed E-state index contributed by atoms with van der Waals surface area (Å²) >= 11 is 0. The Hall–Kier alpha value is -1.18. The van der Waals surface area contributed by atoms with Gasteiger partial charge in [-0.2, -0.15) is 5.06 Å². The molecule has 1 aromatic carbocycles. The first kappa shape index (κ1) is 27.4. The van der Waals surface area contributed by atoms with Crippen LogP contribution in [0.3, 0.4) is 0 Å². The van der Waals surface area contributed by atoms with Crippen molar-refractivity contribution >= 4 is 0 Å². The Morgan fingerprint density at radius 3 is 2.06 bits per heavy atom. The van der Waals surface area contributed by atoms with E-state index >= 15 is 0 Å². The van der Waals surface area contributed by atoms with Crippen LogP contribution in [0, 0.1) is 0 Å². The number of piperidine rings is 1. The Morgan fingerprint density at radius 2 is 1.56 bits per heavy atom. The predicted molar refractivity (Wildman–Crippen MR) is 135 cm³/mol. The summed E-state index contributed by atoms with van der Waals surface area (Å²) in [5.41, 5.74) is 0.700. The second-order valence-corrected chi connectivity index (χ2v) is 10.6. The maximum atomic E-state index is 6.80. The van der Waals surface area contributed by atoms with Crippen molar-refractivity contribution in [3.63, 3.8) is 0 Å². The Labute approximate surface area is 207 Å². The summed E-state index contributed by atoms with van der Waals surface area (Å²) in [6, 6.07) is 8.24. The molecule has 2 unspecified atom stereocenters. The van der Waals surface area contributed by atoms with E-state index in [9.17, 15) is 0 Å². The van der Waals surface area contributed by atoms with Crippen molar-refractivity contribution in [3.05, 3.63) is 29.8 Å². The highest BCUT2D eigenvalue weighted by Crippen LogP contribution is 2.50. The van der Waals surface area contributed by atoms with E-state index in [0.717, 1.165) is 56.4 Å². The van der Waals surface area contributed by atoms with Crippen molar-refractivity contribution in [1.82, 2.24) is 5.06 Å². The number of benzene rings is 1. The lowest BCUT2D eigenvalue weighted by molar-refractivity contribution is -0.375. The fourth-order valence-corrected chi connectivity index (χ4v) is 5.28. The molecule has 194 valence electrons. The average Bonchev–Trinajstić information content (AvgIpc) is 3.66. The largest absolute Gasteiger partial charge is 0.491 e. The van der Waals surface area contributed by atoms with Gasteiger partial charge in [0.15, 0.2) is 5.79 Å². The van der Waals surface area contributed by atoms with Gasteiger partial charge in [-0.25, -0.2) is 0 Å². The third-order valence-electron chi connectivity index (χ3n) is 7.19. The van der Waals surface area contributed by atoms with Gasteiger partial charge in [-0.1, -0.05) is 39.8 Å². The van der Waals surface area contributed by atoms with Gasteiger partial charge in [0, 0.05) is 31.6 Å². The molecule has 0 saturated carbocycles. The summed E-state index contributed by atoms with van der Waals surface area (Å²) in [6.45, 7) is 18.3. The van der Waals surface area contributed by atoms with Crippen LogP contribution in [0.4, 0.5) is 0 Å². The summed E-state index contributed by atoms with van der Waals surface area (Å²) in [5.74, 6) is 0.293. The molecule has 2 aliphatic heterocycles. The highest BCUT2D eigenvalue weighted by atomic mass is 16.7. The molecule has 2 heterocycles. The van der Waals surface area contributed by atoms with Crippen molar-refractivity contribution < 1.29 is 23.8 Å². The first-order chi connectivity index (χ1) is 16.2. The number of hydrogen-bond acceptors (Lipinski definition) is 6. The van der Waals surface area contributed by atoms with E-state index in [-0.39, 0.29) is 23.3 Å². The van der Waals surface area contributed by atoms with E-state index in [1.165, 1.54) is 0 Å². The third kappa shape index (κ3) is 6.52. The number of epoxide rings is 1. The van der Waals surface area contributed by atoms with Crippen molar-refractivity contribution in [2.45, 2.75) is 116 Å². The monoisotopic (exact) mass is 477 g/mol. The summed E-state index contributed by atoms with van der Waals surface area (Å²) in [4.78, 5) is 6.80. The number of rotatable bonds is 14. The van der Waals surface area contributed by atoms with Crippen LogP contribution in [-0.2, 0) is 19.0 Å². The van der Waals surface area contributed by atoms with Gasteiger partial charge in [0.05, 0.1) is 12.1 Å². The van der Waals surface area contributed by atoms with Gasteiger partial charge in [0.1, 0.15) is 24.6 Å².